The average Bonchev–Trinajstić information content (AvgIpc) is 3.94. The molecule has 0 aliphatic heterocycles. The van der Waals surface area contributed by atoms with Crippen molar-refractivity contribution < 1.29 is 0 Å². The molecule has 9 rings (SSSR count). The fourth-order valence-corrected chi connectivity index (χ4v) is 7.14. The first kappa shape index (κ1) is 31.2. The number of hydrogen-bond acceptors (Lipinski definition) is 12. The van der Waals surface area contributed by atoms with E-state index in [4.69, 9.17) is 19.9 Å². The number of nitrogens with zero attached hydrogens (tertiary/aromatic N) is 10. The van der Waals surface area contributed by atoms with Crippen LogP contribution in [-0.2, 0) is 0 Å². The van der Waals surface area contributed by atoms with Gasteiger partial charge in [0.2, 0.25) is 0 Å². The van der Waals surface area contributed by atoms with Gasteiger partial charge in [0, 0.05) is 23.5 Å². The summed E-state index contributed by atoms with van der Waals surface area (Å²) in [5, 5.41) is 20.9. The van der Waals surface area contributed by atoms with Gasteiger partial charge in [-0.1, -0.05) is 83.3 Å². The Morgan fingerprint density at radius 1 is 0.269 bits per heavy atom. The van der Waals surface area contributed by atoms with Gasteiger partial charge in [-0.05, 0) is 72.8 Å². The van der Waals surface area contributed by atoms with Crippen molar-refractivity contribution in [3.8, 4) is 88.1 Å². The van der Waals surface area contributed by atoms with Crippen LogP contribution in [0.3, 0.4) is 0 Å². The van der Waals surface area contributed by atoms with Gasteiger partial charge in [-0.2, -0.15) is 0 Å². The lowest BCUT2D eigenvalue weighted by atomic mass is 10.1. The van der Waals surface area contributed by atoms with Crippen molar-refractivity contribution in [1.82, 2.24) is 50.3 Å². The Labute approximate surface area is 305 Å². The van der Waals surface area contributed by atoms with Gasteiger partial charge in [0.1, 0.15) is 21.4 Å². The van der Waals surface area contributed by atoms with Gasteiger partial charge < -0.3 is 0 Å². The van der Waals surface area contributed by atoms with Crippen LogP contribution >= 0.6 is 22.7 Å². The third kappa shape index (κ3) is 6.47. The second-order valence-corrected chi connectivity index (χ2v) is 13.4. The highest BCUT2D eigenvalue weighted by Gasteiger charge is 2.15. The highest BCUT2D eigenvalue weighted by Crippen LogP contribution is 2.34. The van der Waals surface area contributed by atoms with Crippen molar-refractivity contribution in [3.05, 3.63) is 146 Å². The minimum atomic E-state index is 0.726. The smallest absolute Gasteiger partial charge is 0.166 e. The summed E-state index contributed by atoms with van der Waals surface area (Å²) in [6.07, 6.45) is 3.52. The Kier molecular flexibility index (Phi) is 8.33. The molecule has 52 heavy (non-hydrogen) atoms. The summed E-state index contributed by atoms with van der Waals surface area (Å²) in [5.74, 6) is 0. The molecular formula is C40H24N10S2. The lowest BCUT2D eigenvalue weighted by Gasteiger charge is -2.05. The first-order valence-corrected chi connectivity index (χ1v) is 17.9. The quantitative estimate of drug-likeness (QED) is 0.151. The Balaban J connectivity index is 0.918. The van der Waals surface area contributed by atoms with E-state index in [-0.39, 0.29) is 0 Å². The first-order valence-electron chi connectivity index (χ1n) is 16.2. The van der Waals surface area contributed by atoms with Crippen LogP contribution < -0.4 is 0 Å². The summed E-state index contributed by atoms with van der Waals surface area (Å²) < 4.78 is 0. The minimum absolute atomic E-state index is 0.726. The molecule has 8 aromatic heterocycles. The summed E-state index contributed by atoms with van der Waals surface area (Å²) in [4.78, 5) is 28.2. The maximum atomic E-state index is 4.88. The zero-order chi connectivity index (χ0) is 34.7. The van der Waals surface area contributed by atoms with E-state index in [9.17, 15) is 0 Å². The molecular weight excluding hydrogens is 685 g/mol. The Morgan fingerprint density at radius 3 is 0.942 bits per heavy atom. The second-order valence-electron chi connectivity index (χ2n) is 11.5. The van der Waals surface area contributed by atoms with E-state index in [1.54, 1.807) is 12.4 Å². The summed E-state index contributed by atoms with van der Waals surface area (Å²) in [5.41, 5.74) is 9.60. The summed E-state index contributed by atoms with van der Waals surface area (Å²) in [6.45, 7) is 0. The van der Waals surface area contributed by atoms with Crippen LogP contribution in [0, 0.1) is 0 Å². The van der Waals surface area contributed by atoms with Crippen molar-refractivity contribution >= 4 is 22.7 Å². The number of rotatable bonds is 8. The van der Waals surface area contributed by atoms with Crippen LogP contribution in [0.5, 0.6) is 0 Å². The molecule has 0 N–H and O–H groups in total. The van der Waals surface area contributed by atoms with Gasteiger partial charge in [0.25, 0.3) is 0 Å². The fraction of sp³-hybridized carbons (Fsp3) is 0. The standard InChI is InChI=1S/C40H24N10S2/c1-3-23-41-27(9-1)29-11-5-13-31(43-29)33-15-7-17-35(45-33)39-49-47-37(51-39)25-19-21-26(22-20-25)38-48-50-40(52-38)36-18-8-16-34(46-36)32-14-6-12-30(44-32)28-10-2-4-24-42-28/h1-24H. The first-order chi connectivity index (χ1) is 25.7. The molecule has 0 saturated heterocycles. The van der Waals surface area contributed by atoms with Gasteiger partial charge in [-0.3, -0.25) is 9.97 Å². The summed E-state index contributed by atoms with van der Waals surface area (Å²) in [7, 11) is 0. The molecule has 0 fully saturated rings. The zero-order valence-corrected chi connectivity index (χ0v) is 28.8. The molecule has 9 aromatic rings. The highest BCUT2D eigenvalue weighted by molar-refractivity contribution is 7.18. The molecule has 0 saturated carbocycles. The van der Waals surface area contributed by atoms with E-state index in [0.717, 1.165) is 88.1 Å². The molecule has 0 amide bonds. The van der Waals surface area contributed by atoms with Gasteiger partial charge in [0.05, 0.1) is 45.6 Å². The van der Waals surface area contributed by atoms with Crippen LogP contribution in [0.2, 0.25) is 0 Å². The Hall–Kier alpha value is -6.76. The average molecular weight is 709 g/mol. The van der Waals surface area contributed by atoms with E-state index in [1.807, 2.05) is 133 Å². The molecule has 0 aliphatic carbocycles. The molecule has 0 radical (unpaired) electrons. The Morgan fingerprint density at radius 2 is 0.577 bits per heavy atom. The predicted octanol–water partition coefficient (Wildman–Crippen LogP) is 9.10. The summed E-state index contributed by atoms with van der Waals surface area (Å²) in [6, 6.07) is 43.1. The monoisotopic (exact) mass is 708 g/mol. The molecule has 0 bridgehead atoms. The van der Waals surface area contributed by atoms with E-state index >= 15 is 0 Å². The topological polar surface area (TPSA) is 129 Å². The van der Waals surface area contributed by atoms with E-state index < -0.39 is 0 Å². The minimum Gasteiger partial charge on any atom is -0.255 e. The molecule has 0 aliphatic rings. The number of hydrogen-bond donors (Lipinski definition) is 0. The molecule has 1 aromatic carbocycles. The third-order valence-electron chi connectivity index (χ3n) is 8.04. The van der Waals surface area contributed by atoms with E-state index in [1.165, 1.54) is 22.7 Å². The predicted molar refractivity (Wildman–Crippen MR) is 204 cm³/mol. The van der Waals surface area contributed by atoms with Crippen molar-refractivity contribution in [2.75, 3.05) is 0 Å². The molecule has 0 atom stereocenters. The van der Waals surface area contributed by atoms with Crippen molar-refractivity contribution in [3.63, 3.8) is 0 Å². The molecule has 0 spiro atoms. The van der Waals surface area contributed by atoms with Crippen LogP contribution in [-0.4, -0.2) is 50.3 Å². The normalized spacial score (nSPS) is 11.1. The second kappa shape index (κ2) is 13.9. The van der Waals surface area contributed by atoms with Gasteiger partial charge in [-0.15, -0.1) is 20.4 Å². The van der Waals surface area contributed by atoms with Crippen molar-refractivity contribution in [1.29, 1.82) is 0 Å². The van der Waals surface area contributed by atoms with Gasteiger partial charge in [0.15, 0.2) is 10.0 Å². The fourth-order valence-electron chi connectivity index (χ4n) is 5.50. The Bertz CT molecular complexity index is 2460. The van der Waals surface area contributed by atoms with Crippen LogP contribution in [0.1, 0.15) is 0 Å². The van der Waals surface area contributed by atoms with Crippen molar-refractivity contribution in [2.24, 2.45) is 0 Å². The third-order valence-corrected chi connectivity index (χ3v) is 10.0. The molecule has 12 heteroatoms. The summed E-state index contributed by atoms with van der Waals surface area (Å²) >= 11 is 2.98. The molecule has 10 nitrogen and oxygen atoms in total. The zero-order valence-electron chi connectivity index (χ0n) is 27.1. The maximum absolute atomic E-state index is 4.88. The lowest BCUT2D eigenvalue weighted by molar-refractivity contribution is 1.09. The van der Waals surface area contributed by atoms with Crippen LogP contribution in [0.25, 0.3) is 88.1 Å². The van der Waals surface area contributed by atoms with E-state index in [0.29, 0.717) is 0 Å². The SMILES string of the molecule is c1ccc(-c2cccc(-c3cccc(-c4nnc(-c5ccc(-c6nnc(-c7cccc(-c8cccc(-c9ccccn9)n8)n7)s6)cc5)s4)n3)n2)nc1. The van der Waals surface area contributed by atoms with Gasteiger partial charge in [-0.25, -0.2) is 19.9 Å². The highest BCUT2D eigenvalue weighted by atomic mass is 32.1. The number of aromatic nitrogens is 10. The molecule has 0 unspecified atom stereocenters. The van der Waals surface area contributed by atoms with Crippen molar-refractivity contribution in [2.45, 2.75) is 0 Å². The molecule has 246 valence electrons. The van der Waals surface area contributed by atoms with Crippen LogP contribution in [0.15, 0.2) is 146 Å². The van der Waals surface area contributed by atoms with E-state index in [2.05, 4.69) is 30.4 Å². The number of benzene rings is 1. The molecule has 8 heterocycles. The maximum Gasteiger partial charge on any atom is 0.166 e. The lowest BCUT2D eigenvalue weighted by Crippen LogP contribution is -1.92. The van der Waals surface area contributed by atoms with Crippen LogP contribution in [0.4, 0.5) is 0 Å². The number of pyridine rings is 6. The van der Waals surface area contributed by atoms with Gasteiger partial charge >= 0.3 is 0 Å². The largest absolute Gasteiger partial charge is 0.255 e.